The fraction of sp³-hybridized carbons (Fsp3) is 0.296. The molecular formula is C54H59Cl3O6S2. The number of benzene rings is 6. The first-order chi connectivity index (χ1) is 30.8. The smallest absolute Gasteiger partial charge is 0.344 e. The predicted octanol–water partition coefficient (Wildman–Crippen LogP) is 7.41. The lowest BCUT2D eigenvalue weighted by molar-refractivity contribution is -0.162. The molecule has 0 atom stereocenters. The van der Waals surface area contributed by atoms with E-state index in [9.17, 15) is 14.7 Å². The first-order valence-electron chi connectivity index (χ1n) is 22.0. The maximum absolute atomic E-state index is 12.3. The number of ether oxygens (including phenoxy) is 3. The van der Waals surface area contributed by atoms with Crippen LogP contribution in [-0.2, 0) is 40.9 Å². The van der Waals surface area contributed by atoms with Gasteiger partial charge in [0.1, 0.15) is 28.6 Å². The summed E-state index contributed by atoms with van der Waals surface area (Å²) in [4.78, 5) is 30.8. The highest BCUT2D eigenvalue weighted by Gasteiger charge is 2.37. The number of halogens is 3. The summed E-state index contributed by atoms with van der Waals surface area (Å²) in [7, 11) is -0.327. The van der Waals surface area contributed by atoms with Crippen LogP contribution in [0.4, 0.5) is 0 Å². The van der Waals surface area contributed by atoms with E-state index in [1.165, 1.54) is 42.2 Å². The molecule has 6 nitrogen and oxygen atoms in total. The van der Waals surface area contributed by atoms with Gasteiger partial charge in [-0.2, -0.15) is 0 Å². The van der Waals surface area contributed by atoms with Crippen molar-refractivity contribution in [3.63, 3.8) is 0 Å². The van der Waals surface area contributed by atoms with Crippen LogP contribution in [0.25, 0.3) is 0 Å². The Balaban J connectivity index is 0.000000233. The first-order valence-corrected chi connectivity index (χ1v) is 24.9. The second-order valence-electron chi connectivity index (χ2n) is 15.7. The van der Waals surface area contributed by atoms with Crippen LogP contribution in [0, 0.1) is 0 Å². The van der Waals surface area contributed by atoms with Crippen molar-refractivity contribution in [2.45, 2.75) is 119 Å². The van der Waals surface area contributed by atoms with Crippen LogP contribution < -0.4 is 29.6 Å². The quantitative estimate of drug-likeness (QED) is 0.0697. The molecular weight excluding hydrogens is 915 g/mol. The standard InChI is InChI=1S/C27H29O3S.C18H14OS.C9H15ClO2.2ClH/c1-2-27(19-9-10-20-27)30-26(28)21-29-22-15-17-25(18-16-22)31(23-11-5-3-6-12-23)24-13-7-4-8-14-24;19-15-11-13-18(14-12-15)20(16-7-3-1-4-8-16)17-9-5-2-6-10-17;1-2-9(5-3-4-6-9)12-8(11)7-10;;/h3-8,11-18H,2,9-10,19-21H2,1H3;1-14H;2-7H2,1H3;2*1H/q+1;;;;/p-1. The minimum atomic E-state index is -0.277. The van der Waals surface area contributed by atoms with E-state index in [1.807, 2.05) is 48.5 Å². The van der Waals surface area contributed by atoms with Gasteiger partial charge in [-0.3, -0.25) is 4.79 Å². The molecule has 2 aliphatic rings. The van der Waals surface area contributed by atoms with Crippen LogP contribution in [0.5, 0.6) is 11.5 Å². The lowest BCUT2D eigenvalue weighted by Gasteiger charge is -2.27. The molecule has 0 heterocycles. The van der Waals surface area contributed by atoms with Gasteiger partial charge in [0, 0.05) is 0 Å². The number of esters is 2. The molecule has 0 bridgehead atoms. The lowest BCUT2D eigenvalue weighted by atomic mass is 9.99. The third kappa shape index (κ3) is 15.5. The molecule has 6 aromatic carbocycles. The molecule has 65 heavy (non-hydrogen) atoms. The molecule has 2 saturated carbocycles. The first kappa shape index (κ1) is 53.0. The molecule has 2 aliphatic carbocycles. The van der Waals surface area contributed by atoms with Gasteiger partial charge in [-0.15, -0.1) is 11.6 Å². The Bertz CT molecular complexity index is 2180. The van der Waals surface area contributed by atoms with E-state index in [2.05, 4.69) is 123 Å². The van der Waals surface area contributed by atoms with Crippen molar-refractivity contribution in [2.24, 2.45) is 0 Å². The molecule has 0 unspecified atom stereocenters. The molecule has 0 amide bonds. The Labute approximate surface area is 409 Å². The molecule has 1 N–H and O–H groups in total. The zero-order valence-electron chi connectivity index (χ0n) is 37.1. The summed E-state index contributed by atoms with van der Waals surface area (Å²) in [6.45, 7) is 4.10. The van der Waals surface area contributed by atoms with E-state index in [-0.39, 0.29) is 82.2 Å². The molecule has 0 spiro atoms. The van der Waals surface area contributed by atoms with E-state index >= 15 is 0 Å². The van der Waals surface area contributed by atoms with Crippen molar-refractivity contribution in [3.8, 4) is 11.5 Å². The molecule has 6 aromatic rings. The molecule has 344 valence electrons. The maximum Gasteiger partial charge on any atom is 0.344 e. The van der Waals surface area contributed by atoms with E-state index in [0.29, 0.717) is 11.5 Å². The van der Waals surface area contributed by atoms with Crippen LogP contribution in [0.1, 0.15) is 78.1 Å². The van der Waals surface area contributed by atoms with Gasteiger partial charge in [-0.25, -0.2) is 4.79 Å². The number of carbonyl (C=O) groups excluding carboxylic acids is 2. The Morgan fingerprint density at radius 3 is 1.12 bits per heavy atom. The summed E-state index contributed by atoms with van der Waals surface area (Å²) in [6, 6.07) is 57.6. The minimum absolute atomic E-state index is 0. The lowest BCUT2D eigenvalue weighted by Crippen LogP contribution is -3.00. The summed E-state index contributed by atoms with van der Waals surface area (Å²) in [5.41, 5.74) is -0.448. The third-order valence-corrected chi connectivity index (χ3v) is 16.2. The number of hydrogen-bond donors (Lipinski definition) is 1. The Hall–Kier alpha value is -4.57. The Kier molecular flexibility index (Phi) is 22.2. The fourth-order valence-electron chi connectivity index (χ4n) is 8.07. The highest BCUT2D eigenvalue weighted by atomic mass is 35.5. The molecule has 8 rings (SSSR count). The van der Waals surface area contributed by atoms with E-state index < -0.39 is 0 Å². The zero-order chi connectivity index (χ0) is 44.3. The number of carbonyl (C=O) groups is 2. The molecule has 0 aromatic heterocycles. The van der Waals surface area contributed by atoms with Crippen molar-refractivity contribution >= 4 is 45.3 Å². The Morgan fingerprint density at radius 1 is 0.492 bits per heavy atom. The number of alkyl halides is 1. The summed E-state index contributed by atoms with van der Waals surface area (Å²) >= 11 is 5.37. The zero-order valence-corrected chi connectivity index (χ0v) is 41.0. The van der Waals surface area contributed by atoms with E-state index in [1.54, 1.807) is 12.1 Å². The van der Waals surface area contributed by atoms with Gasteiger partial charge in [0.15, 0.2) is 36.0 Å². The highest BCUT2D eigenvalue weighted by Crippen LogP contribution is 2.38. The van der Waals surface area contributed by atoms with Gasteiger partial charge < -0.3 is 44.1 Å². The van der Waals surface area contributed by atoms with E-state index in [4.69, 9.17) is 25.8 Å². The number of aromatic hydroxyl groups is 1. The second-order valence-corrected chi connectivity index (χ2v) is 20.0. The minimum Gasteiger partial charge on any atom is -1.00 e. The highest BCUT2D eigenvalue weighted by molar-refractivity contribution is 7.97. The van der Waals surface area contributed by atoms with Gasteiger partial charge in [0.25, 0.3) is 0 Å². The molecule has 11 heteroatoms. The van der Waals surface area contributed by atoms with Crippen molar-refractivity contribution in [3.05, 3.63) is 170 Å². The molecule has 0 saturated heterocycles. The maximum atomic E-state index is 12.3. The number of phenols is 1. The fourth-order valence-corrected chi connectivity index (χ4v) is 12.3. The van der Waals surface area contributed by atoms with Gasteiger partial charge in [-0.1, -0.05) is 86.6 Å². The predicted molar refractivity (Wildman–Crippen MR) is 256 cm³/mol. The summed E-state index contributed by atoms with van der Waals surface area (Å²) in [5.74, 6) is 0.407. The average molecular weight is 975 g/mol. The van der Waals surface area contributed by atoms with Gasteiger partial charge in [-0.05, 0) is 161 Å². The van der Waals surface area contributed by atoms with Crippen molar-refractivity contribution in [1.82, 2.24) is 0 Å². The average Bonchev–Trinajstić information content (AvgIpc) is 4.02. The summed E-state index contributed by atoms with van der Waals surface area (Å²) in [5, 5.41) is 9.48. The summed E-state index contributed by atoms with van der Waals surface area (Å²) < 4.78 is 16.9. The van der Waals surface area contributed by atoms with E-state index in [0.717, 1.165) is 51.4 Å². The molecule has 2 fully saturated rings. The van der Waals surface area contributed by atoms with Crippen LogP contribution in [0.3, 0.4) is 0 Å². The largest absolute Gasteiger partial charge is 1.00 e. The number of phenolic OH excluding ortho intramolecular Hbond substituents is 1. The van der Waals surface area contributed by atoms with Gasteiger partial charge in [0.2, 0.25) is 0 Å². The van der Waals surface area contributed by atoms with Crippen molar-refractivity contribution in [2.75, 3.05) is 12.5 Å². The van der Waals surface area contributed by atoms with Crippen LogP contribution >= 0.6 is 11.6 Å². The van der Waals surface area contributed by atoms with Crippen LogP contribution in [0.15, 0.2) is 199 Å². The SMILES string of the molecule is CCC1(OC(=O)CCl)CCCC1.CCC1(OC(=O)COc2ccc([S+](c3ccccc3)c3ccccc3)cc2)CCCC1.Oc1ccc([S+](c2ccccc2)c2ccccc2)cc1.[Cl-].[Cl-]. The molecule has 0 aliphatic heterocycles. The monoisotopic (exact) mass is 972 g/mol. The van der Waals surface area contributed by atoms with Gasteiger partial charge >= 0.3 is 11.9 Å². The molecule has 0 radical (unpaired) electrons. The van der Waals surface area contributed by atoms with Crippen molar-refractivity contribution in [1.29, 1.82) is 0 Å². The normalized spacial score (nSPS) is 14.3. The second kappa shape index (κ2) is 27.2. The third-order valence-electron chi connectivity index (χ3n) is 11.5. The number of hydrogen-bond acceptors (Lipinski definition) is 6. The van der Waals surface area contributed by atoms with Crippen LogP contribution in [-0.4, -0.2) is 40.7 Å². The topological polar surface area (TPSA) is 82.1 Å². The Morgan fingerprint density at radius 2 is 0.800 bits per heavy atom. The summed E-state index contributed by atoms with van der Waals surface area (Å²) in [6.07, 6.45) is 10.3. The van der Waals surface area contributed by atoms with Crippen molar-refractivity contribution < 1.29 is 53.7 Å². The van der Waals surface area contributed by atoms with Gasteiger partial charge in [0.05, 0.1) is 21.8 Å². The van der Waals surface area contributed by atoms with Crippen LogP contribution in [0.2, 0.25) is 0 Å². The number of rotatable bonds is 14.